The maximum Gasteiger partial charge on any atom is 0.326 e. The van der Waals surface area contributed by atoms with Crippen molar-refractivity contribution in [2.75, 3.05) is 0 Å². The topological polar surface area (TPSA) is 66.4 Å². The number of rotatable bonds is 5. The van der Waals surface area contributed by atoms with Crippen LogP contribution in [-0.4, -0.2) is 23.0 Å². The summed E-state index contributed by atoms with van der Waals surface area (Å²) >= 11 is 5.78. The van der Waals surface area contributed by atoms with E-state index in [4.69, 9.17) is 16.7 Å². The molecule has 0 aromatic heterocycles. The van der Waals surface area contributed by atoms with Crippen LogP contribution >= 0.6 is 11.6 Å². The molecule has 0 fully saturated rings. The average molecular weight is 270 g/mol. The fourth-order valence-electron chi connectivity index (χ4n) is 1.54. The Labute approximate surface area is 111 Å². The van der Waals surface area contributed by atoms with Crippen molar-refractivity contribution in [3.05, 3.63) is 34.9 Å². The predicted octanol–water partition coefficient (Wildman–Crippen LogP) is 2.57. The molecule has 1 amide bonds. The van der Waals surface area contributed by atoms with E-state index in [1.54, 1.807) is 25.1 Å². The van der Waals surface area contributed by atoms with Crippen LogP contribution in [0.2, 0.25) is 5.02 Å². The molecule has 0 aliphatic heterocycles. The summed E-state index contributed by atoms with van der Waals surface area (Å²) in [4.78, 5) is 23.0. The maximum atomic E-state index is 11.9. The molecule has 0 aliphatic carbocycles. The monoisotopic (exact) mass is 269 g/mol. The Hall–Kier alpha value is -1.55. The lowest BCUT2D eigenvalue weighted by Crippen LogP contribution is -2.45. The highest BCUT2D eigenvalue weighted by Gasteiger charge is 2.25. The van der Waals surface area contributed by atoms with Crippen LogP contribution in [0.1, 0.15) is 30.6 Å². The summed E-state index contributed by atoms with van der Waals surface area (Å²) in [5, 5.41) is 12.0. The molecule has 98 valence electrons. The van der Waals surface area contributed by atoms with Gasteiger partial charge in [0.05, 0.1) is 0 Å². The molecule has 1 aromatic carbocycles. The summed E-state index contributed by atoms with van der Waals surface area (Å²) in [7, 11) is 0. The SMILES string of the molecule is CCC(C)[C@H](NC(=O)c1cccc(Cl)c1)C(=O)O. The van der Waals surface area contributed by atoms with E-state index >= 15 is 0 Å². The second kappa shape index (κ2) is 6.40. The molecule has 18 heavy (non-hydrogen) atoms. The number of aliphatic carboxylic acids is 1. The van der Waals surface area contributed by atoms with E-state index in [0.29, 0.717) is 17.0 Å². The largest absolute Gasteiger partial charge is 0.480 e. The highest BCUT2D eigenvalue weighted by atomic mass is 35.5. The molecular weight excluding hydrogens is 254 g/mol. The van der Waals surface area contributed by atoms with Crippen molar-refractivity contribution < 1.29 is 14.7 Å². The van der Waals surface area contributed by atoms with Gasteiger partial charge in [0.25, 0.3) is 5.91 Å². The van der Waals surface area contributed by atoms with Crippen LogP contribution in [0.15, 0.2) is 24.3 Å². The van der Waals surface area contributed by atoms with E-state index < -0.39 is 17.9 Å². The molecule has 0 bridgehead atoms. The number of carboxylic acids is 1. The highest BCUT2D eigenvalue weighted by Crippen LogP contribution is 2.12. The molecule has 2 atom stereocenters. The third-order valence-corrected chi connectivity index (χ3v) is 3.09. The number of carbonyl (C=O) groups excluding carboxylic acids is 1. The quantitative estimate of drug-likeness (QED) is 0.863. The van der Waals surface area contributed by atoms with Gasteiger partial charge in [0.2, 0.25) is 0 Å². The Morgan fingerprint density at radius 3 is 2.61 bits per heavy atom. The van der Waals surface area contributed by atoms with Gasteiger partial charge in [-0.15, -0.1) is 0 Å². The normalized spacial score (nSPS) is 13.7. The van der Waals surface area contributed by atoms with E-state index in [-0.39, 0.29) is 5.92 Å². The molecule has 0 heterocycles. The molecule has 5 heteroatoms. The van der Waals surface area contributed by atoms with Crippen LogP contribution in [0.25, 0.3) is 0 Å². The minimum absolute atomic E-state index is 0.134. The molecule has 2 N–H and O–H groups in total. The minimum Gasteiger partial charge on any atom is -0.480 e. The van der Waals surface area contributed by atoms with E-state index in [2.05, 4.69) is 5.32 Å². The van der Waals surface area contributed by atoms with Gasteiger partial charge in [-0.1, -0.05) is 37.9 Å². The number of hydrogen-bond acceptors (Lipinski definition) is 2. The average Bonchev–Trinajstić information content (AvgIpc) is 2.34. The number of nitrogens with one attached hydrogen (secondary N) is 1. The lowest BCUT2D eigenvalue weighted by molar-refractivity contribution is -0.140. The lowest BCUT2D eigenvalue weighted by Gasteiger charge is -2.20. The molecule has 4 nitrogen and oxygen atoms in total. The Morgan fingerprint density at radius 1 is 1.44 bits per heavy atom. The van der Waals surface area contributed by atoms with E-state index in [9.17, 15) is 9.59 Å². The van der Waals surface area contributed by atoms with Gasteiger partial charge in [0.1, 0.15) is 6.04 Å². The number of carboxylic acid groups (broad SMARTS) is 1. The smallest absolute Gasteiger partial charge is 0.326 e. The number of benzene rings is 1. The van der Waals surface area contributed by atoms with Crippen LogP contribution in [0.5, 0.6) is 0 Å². The zero-order valence-corrected chi connectivity index (χ0v) is 11.1. The standard InChI is InChI=1S/C13H16ClNO3/c1-3-8(2)11(13(17)18)15-12(16)9-5-4-6-10(14)7-9/h4-8,11H,3H2,1-2H3,(H,15,16)(H,17,18)/t8?,11-/m0/s1. The van der Waals surface area contributed by atoms with Crippen LogP contribution in [0, 0.1) is 5.92 Å². The molecule has 0 saturated heterocycles. The Balaban J connectivity index is 2.82. The second-order valence-electron chi connectivity index (χ2n) is 4.19. The van der Waals surface area contributed by atoms with Gasteiger partial charge in [0.15, 0.2) is 0 Å². The van der Waals surface area contributed by atoms with Crippen LogP contribution in [0.3, 0.4) is 0 Å². The van der Waals surface area contributed by atoms with Crippen LogP contribution in [-0.2, 0) is 4.79 Å². The molecular formula is C13H16ClNO3. The number of amides is 1. The van der Waals surface area contributed by atoms with Gasteiger partial charge in [-0.25, -0.2) is 4.79 Å². The van der Waals surface area contributed by atoms with Crippen molar-refractivity contribution in [1.82, 2.24) is 5.32 Å². The molecule has 0 radical (unpaired) electrons. The predicted molar refractivity (Wildman–Crippen MR) is 69.8 cm³/mol. The fourth-order valence-corrected chi connectivity index (χ4v) is 1.73. The first-order valence-corrected chi connectivity index (χ1v) is 6.12. The van der Waals surface area contributed by atoms with Crippen molar-refractivity contribution in [2.24, 2.45) is 5.92 Å². The number of carbonyl (C=O) groups is 2. The van der Waals surface area contributed by atoms with Crippen molar-refractivity contribution in [1.29, 1.82) is 0 Å². The summed E-state index contributed by atoms with van der Waals surface area (Å²) in [5.74, 6) is -1.59. The van der Waals surface area contributed by atoms with Crippen LogP contribution in [0.4, 0.5) is 0 Å². The summed E-state index contributed by atoms with van der Waals surface area (Å²) in [5.41, 5.74) is 0.358. The Morgan fingerprint density at radius 2 is 2.11 bits per heavy atom. The van der Waals surface area contributed by atoms with Crippen LogP contribution < -0.4 is 5.32 Å². The Bertz CT molecular complexity index is 448. The first-order chi connectivity index (χ1) is 8.45. The number of halogens is 1. The maximum absolute atomic E-state index is 11.9. The third-order valence-electron chi connectivity index (χ3n) is 2.85. The van der Waals surface area contributed by atoms with Crippen molar-refractivity contribution in [3.8, 4) is 0 Å². The van der Waals surface area contributed by atoms with Gasteiger partial charge in [-0.2, -0.15) is 0 Å². The summed E-state index contributed by atoms with van der Waals surface area (Å²) in [6.45, 7) is 3.67. The molecule has 1 aromatic rings. The van der Waals surface area contributed by atoms with Gasteiger partial charge in [0, 0.05) is 10.6 Å². The fraction of sp³-hybridized carbons (Fsp3) is 0.385. The highest BCUT2D eigenvalue weighted by molar-refractivity contribution is 6.30. The number of hydrogen-bond donors (Lipinski definition) is 2. The summed E-state index contributed by atoms with van der Waals surface area (Å²) < 4.78 is 0. The third kappa shape index (κ3) is 3.74. The lowest BCUT2D eigenvalue weighted by atomic mass is 9.99. The molecule has 0 saturated carbocycles. The van der Waals surface area contributed by atoms with E-state index in [1.807, 2.05) is 6.92 Å². The van der Waals surface area contributed by atoms with Crippen molar-refractivity contribution >= 4 is 23.5 Å². The minimum atomic E-state index is -1.03. The van der Waals surface area contributed by atoms with Gasteiger partial charge in [-0.3, -0.25) is 4.79 Å². The van der Waals surface area contributed by atoms with Gasteiger partial charge >= 0.3 is 5.97 Å². The molecule has 1 rings (SSSR count). The van der Waals surface area contributed by atoms with Gasteiger partial charge < -0.3 is 10.4 Å². The summed E-state index contributed by atoms with van der Waals surface area (Å²) in [6.07, 6.45) is 0.673. The molecule has 0 spiro atoms. The Kier molecular flexibility index (Phi) is 5.16. The second-order valence-corrected chi connectivity index (χ2v) is 4.62. The van der Waals surface area contributed by atoms with Crippen molar-refractivity contribution in [2.45, 2.75) is 26.3 Å². The zero-order valence-electron chi connectivity index (χ0n) is 10.3. The van der Waals surface area contributed by atoms with Crippen molar-refractivity contribution in [3.63, 3.8) is 0 Å². The first kappa shape index (κ1) is 14.5. The van der Waals surface area contributed by atoms with Gasteiger partial charge in [-0.05, 0) is 24.1 Å². The molecule has 0 aliphatic rings. The van der Waals surface area contributed by atoms with E-state index in [1.165, 1.54) is 6.07 Å². The summed E-state index contributed by atoms with van der Waals surface area (Å²) in [6, 6.07) is 5.52. The zero-order chi connectivity index (χ0) is 13.7. The first-order valence-electron chi connectivity index (χ1n) is 5.75. The molecule has 1 unspecified atom stereocenters. The van der Waals surface area contributed by atoms with E-state index in [0.717, 1.165) is 0 Å².